The maximum absolute atomic E-state index is 13.0. The van der Waals surface area contributed by atoms with Gasteiger partial charge in [-0.1, -0.05) is 29.8 Å². The summed E-state index contributed by atoms with van der Waals surface area (Å²) in [5, 5.41) is 0.430. The number of benzene rings is 2. The van der Waals surface area contributed by atoms with Crippen molar-refractivity contribution in [2.75, 3.05) is 40.4 Å². The van der Waals surface area contributed by atoms with Crippen LogP contribution in [0.5, 0.6) is 11.5 Å². The number of amides is 2. The number of rotatable bonds is 4. The van der Waals surface area contributed by atoms with E-state index in [1.54, 1.807) is 52.3 Å². The van der Waals surface area contributed by atoms with Crippen molar-refractivity contribution in [3.8, 4) is 11.5 Å². The van der Waals surface area contributed by atoms with Crippen molar-refractivity contribution in [2.24, 2.45) is 0 Å². The van der Waals surface area contributed by atoms with E-state index in [1.807, 2.05) is 0 Å². The zero-order chi connectivity index (χ0) is 19.4. The van der Waals surface area contributed by atoms with E-state index in [-0.39, 0.29) is 11.8 Å². The summed E-state index contributed by atoms with van der Waals surface area (Å²) in [7, 11) is 3.04. The third-order valence-corrected chi connectivity index (χ3v) is 4.93. The summed E-state index contributed by atoms with van der Waals surface area (Å²) in [4.78, 5) is 29.1. The van der Waals surface area contributed by atoms with Crippen LogP contribution in [0.4, 0.5) is 0 Å². The molecule has 1 aliphatic rings. The second-order valence-electron chi connectivity index (χ2n) is 6.10. The highest BCUT2D eigenvalue weighted by molar-refractivity contribution is 6.33. The molecule has 1 saturated heterocycles. The minimum absolute atomic E-state index is 0.123. The van der Waals surface area contributed by atoms with Crippen LogP contribution in [0, 0.1) is 0 Å². The number of carbonyl (C=O) groups excluding carboxylic acids is 2. The number of hydrogen-bond acceptors (Lipinski definition) is 4. The van der Waals surface area contributed by atoms with Gasteiger partial charge in [0.05, 0.1) is 24.8 Å². The molecule has 0 aliphatic carbocycles. The van der Waals surface area contributed by atoms with Gasteiger partial charge in [-0.2, -0.15) is 0 Å². The summed E-state index contributed by atoms with van der Waals surface area (Å²) >= 11 is 6.12. The van der Waals surface area contributed by atoms with Gasteiger partial charge in [-0.3, -0.25) is 9.59 Å². The lowest BCUT2D eigenvalue weighted by Gasteiger charge is -2.35. The van der Waals surface area contributed by atoms with Gasteiger partial charge in [0.1, 0.15) is 17.1 Å². The molecule has 0 saturated carbocycles. The molecule has 2 aromatic carbocycles. The largest absolute Gasteiger partial charge is 0.496 e. The Hall–Kier alpha value is -2.73. The fraction of sp³-hybridized carbons (Fsp3) is 0.300. The molecule has 2 amide bonds. The lowest BCUT2D eigenvalue weighted by atomic mass is 10.1. The van der Waals surface area contributed by atoms with Crippen LogP contribution in [-0.2, 0) is 0 Å². The van der Waals surface area contributed by atoms with Crippen molar-refractivity contribution in [3.63, 3.8) is 0 Å². The van der Waals surface area contributed by atoms with E-state index in [4.69, 9.17) is 21.1 Å². The van der Waals surface area contributed by atoms with E-state index in [1.165, 1.54) is 14.2 Å². The number of nitrogens with zero attached hydrogens (tertiary/aromatic N) is 2. The molecule has 7 heteroatoms. The maximum Gasteiger partial charge on any atom is 0.261 e. The maximum atomic E-state index is 13.0. The number of piperazine rings is 1. The summed E-state index contributed by atoms with van der Waals surface area (Å²) in [5.41, 5.74) is 0.874. The molecule has 0 atom stereocenters. The zero-order valence-corrected chi connectivity index (χ0v) is 16.0. The molecule has 2 aromatic rings. The smallest absolute Gasteiger partial charge is 0.261 e. The van der Waals surface area contributed by atoms with E-state index in [0.717, 1.165) is 0 Å². The quantitative estimate of drug-likeness (QED) is 0.808. The van der Waals surface area contributed by atoms with Crippen molar-refractivity contribution >= 4 is 23.4 Å². The standard InChI is InChI=1S/C20H21ClN2O4/c1-26-16-8-5-9-17(27-2)18(16)20(25)23-12-10-22(11-13-23)19(24)14-6-3-4-7-15(14)21/h3-9H,10-13H2,1-2H3. The predicted molar refractivity (Wildman–Crippen MR) is 103 cm³/mol. The Labute approximate surface area is 163 Å². The van der Waals surface area contributed by atoms with Crippen LogP contribution >= 0.6 is 11.6 Å². The van der Waals surface area contributed by atoms with Gasteiger partial charge in [0, 0.05) is 26.2 Å². The molecule has 0 N–H and O–H groups in total. The van der Waals surface area contributed by atoms with Crippen molar-refractivity contribution in [1.82, 2.24) is 9.80 Å². The van der Waals surface area contributed by atoms with Crippen LogP contribution in [0.1, 0.15) is 20.7 Å². The van der Waals surface area contributed by atoms with Gasteiger partial charge < -0.3 is 19.3 Å². The van der Waals surface area contributed by atoms with Crippen LogP contribution in [0.3, 0.4) is 0 Å². The fourth-order valence-corrected chi connectivity index (χ4v) is 3.35. The average molecular weight is 389 g/mol. The highest BCUT2D eigenvalue weighted by atomic mass is 35.5. The molecule has 0 spiro atoms. The first kappa shape index (κ1) is 19.0. The van der Waals surface area contributed by atoms with Crippen molar-refractivity contribution in [1.29, 1.82) is 0 Å². The topological polar surface area (TPSA) is 59.1 Å². The number of hydrogen-bond donors (Lipinski definition) is 0. The van der Waals surface area contributed by atoms with Crippen LogP contribution in [0.2, 0.25) is 5.02 Å². The Morgan fingerprint density at radius 1 is 0.815 bits per heavy atom. The molecule has 6 nitrogen and oxygen atoms in total. The summed E-state index contributed by atoms with van der Waals surface area (Å²) in [5.74, 6) is 0.638. The second kappa shape index (κ2) is 8.31. The molecular weight excluding hydrogens is 368 g/mol. The first-order valence-electron chi connectivity index (χ1n) is 8.61. The van der Waals surface area contributed by atoms with Crippen LogP contribution in [0.25, 0.3) is 0 Å². The third kappa shape index (κ3) is 3.85. The Balaban J connectivity index is 1.72. The highest BCUT2D eigenvalue weighted by Crippen LogP contribution is 2.30. The minimum atomic E-state index is -0.172. The second-order valence-corrected chi connectivity index (χ2v) is 6.51. The number of carbonyl (C=O) groups is 2. The summed E-state index contributed by atoms with van der Waals surface area (Å²) in [6.07, 6.45) is 0. The normalized spacial score (nSPS) is 14.0. The van der Waals surface area contributed by atoms with Crippen LogP contribution in [0.15, 0.2) is 42.5 Å². The average Bonchev–Trinajstić information content (AvgIpc) is 2.72. The van der Waals surface area contributed by atoms with Gasteiger partial charge in [0.25, 0.3) is 11.8 Å². The fourth-order valence-electron chi connectivity index (χ4n) is 3.14. The van der Waals surface area contributed by atoms with Crippen molar-refractivity contribution < 1.29 is 19.1 Å². The zero-order valence-electron chi connectivity index (χ0n) is 15.3. The lowest BCUT2D eigenvalue weighted by molar-refractivity contribution is 0.0531. The van der Waals surface area contributed by atoms with E-state index >= 15 is 0 Å². The monoisotopic (exact) mass is 388 g/mol. The van der Waals surface area contributed by atoms with Gasteiger partial charge in [0.2, 0.25) is 0 Å². The summed E-state index contributed by atoms with van der Waals surface area (Å²) < 4.78 is 10.6. The molecule has 1 fully saturated rings. The van der Waals surface area contributed by atoms with E-state index in [9.17, 15) is 9.59 Å². The number of methoxy groups -OCH3 is 2. The molecule has 142 valence electrons. The van der Waals surface area contributed by atoms with Crippen LogP contribution < -0.4 is 9.47 Å². The molecule has 1 aliphatic heterocycles. The van der Waals surface area contributed by atoms with E-state index in [0.29, 0.717) is 53.8 Å². The highest BCUT2D eigenvalue weighted by Gasteiger charge is 2.29. The third-order valence-electron chi connectivity index (χ3n) is 4.60. The SMILES string of the molecule is COc1cccc(OC)c1C(=O)N1CCN(C(=O)c2ccccc2Cl)CC1. The van der Waals surface area contributed by atoms with E-state index < -0.39 is 0 Å². The van der Waals surface area contributed by atoms with Crippen molar-refractivity contribution in [3.05, 3.63) is 58.6 Å². The molecule has 0 unspecified atom stereocenters. The van der Waals surface area contributed by atoms with Gasteiger partial charge in [-0.05, 0) is 24.3 Å². The van der Waals surface area contributed by atoms with Gasteiger partial charge in [-0.25, -0.2) is 0 Å². The van der Waals surface area contributed by atoms with Crippen molar-refractivity contribution in [2.45, 2.75) is 0 Å². The molecule has 27 heavy (non-hydrogen) atoms. The van der Waals surface area contributed by atoms with E-state index in [2.05, 4.69) is 0 Å². The predicted octanol–water partition coefficient (Wildman–Crippen LogP) is 2.96. The molecule has 1 heterocycles. The number of ether oxygens (including phenoxy) is 2. The summed E-state index contributed by atoms with van der Waals surface area (Å²) in [6.45, 7) is 1.73. The van der Waals surface area contributed by atoms with Gasteiger partial charge in [0.15, 0.2) is 0 Å². The van der Waals surface area contributed by atoms with Gasteiger partial charge in [-0.15, -0.1) is 0 Å². The van der Waals surface area contributed by atoms with Gasteiger partial charge >= 0.3 is 0 Å². The molecule has 3 rings (SSSR count). The minimum Gasteiger partial charge on any atom is -0.496 e. The number of halogens is 1. The lowest BCUT2D eigenvalue weighted by Crippen LogP contribution is -2.50. The molecular formula is C20H21ClN2O4. The summed E-state index contributed by atoms with van der Waals surface area (Å²) in [6, 6.07) is 12.2. The Bertz CT molecular complexity index is 825. The Kier molecular flexibility index (Phi) is 5.86. The Morgan fingerprint density at radius 2 is 1.33 bits per heavy atom. The molecule has 0 aromatic heterocycles. The first-order chi connectivity index (χ1) is 13.1. The first-order valence-corrected chi connectivity index (χ1v) is 8.98. The van der Waals surface area contributed by atoms with Crippen LogP contribution in [-0.4, -0.2) is 62.0 Å². The molecule has 0 radical (unpaired) electrons. The molecule has 0 bridgehead atoms. The Morgan fingerprint density at radius 3 is 1.85 bits per heavy atom.